The molecular weight excluding hydrogens is 126 g/mol. The van der Waals surface area contributed by atoms with Crippen molar-refractivity contribution in [3.8, 4) is 0 Å². The first-order valence-electron chi connectivity index (χ1n) is 3.35. The molecule has 1 heterocycles. The van der Waals surface area contributed by atoms with Crippen LogP contribution in [0.4, 0.5) is 0 Å². The zero-order valence-corrected chi connectivity index (χ0v) is 6.63. The summed E-state index contributed by atoms with van der Waals surface area (Å²) in [4.78, 5) is 6.07. The lowest BCUT2D eigenvalue weighted by molar-refractivity contribution is 0.369. The lowest BCUT2D eigenvalue weighted by Crippen LogP contribution is -2.42. The summed E-state index contributed by atoms with van der Waals surface area (Å²) in [6.45, 7) is 2.06. The van der Waals surface area contributed by atoms with Crippen LogP contribution in [-0.4, -0.2) is 31.5 Å². The molecule has 1 atom stereocenters. The normalized spacial score (nSPS) is 24.9. The van der Waals surface area contributed by atoms with Gasteiger partial charge in [0.1, 0.15) is 6.17 Å². The van der Waals surface area contributed by atoms with E-state index in [0.29, 0.717) is 6.17 Å². The molecule has 0 aliphatic carbocycles. The van der Waals surface area contributed by atoms with Crippen molar-refractivity contribution in [3.05, 3.63) is 11.8 Å². The van der Waals surface area contributed by atoms with Crippen molar-refractivity contribution in [1.29, 1.82) is 0 Å². The standard InChI is InChI=1S/C7H13N3/c1-6-4-9-5-10(3)7(6)8-2/h4-5,7-8H,1-3H3. The van der Waals surface area contributed by atoms with Crippen LogP contribution in [0, 0.1) is 0 Å². The second kappa shape index (κ2) is 2.84. The molecule has 3 nitrogen and oxygen atoms in total. The molecule has 0 saturated carbocycles. The highest BCUT2D eigenvalue weighted by molar-refractivity contribution is 5.58. The van der Waals surface area contributed by atoms with E-state index >= 15 is 0 Å². The molecule has 0 saturated heterocycles. The lowest BCUT2D eigenvalue weighted by atomic mass is 10.2. The zero-order chi connectivity index (χ0) is 7.56. The van der Waals surface area contributed by atoms with Crippen molar-refractivity contribution in [2.75, 3.05) is 14.1 Å². The second-order valence-electron chi connectivity index (χ2n) is 2.49. The van der Waals surface area contributed by atoms with Gasteiger partial charge in [0.25, 0.3) is 0 Å². The molecule has 56 valence electrons. The molecule has 0 aromatic rings. The van der Waals surface area contributed by atoms with Gasteiger partial charge in [-0.3, -0.25) is 5.32 Å². The van der Waals surface area contributed by atoms with Crippen LogP contribution in [0.15, 0.2) is 16.8 Å². The number of nitrogens with one attached hydrogen (secondary N) is 1. The van der Waals surface area contributed by atoms with Crippen molar-refractivity contribution in [3.63, 3.8) is 0 Å². The van der Waals surface area contributed by atoms with Gasteiger partial charge >= 0.3 is 0 Å². The van der Waals surface area contributed by atoms with Crippen LogP contribution in [0.3, 0.4) is 0 Å². The highest BCUT2D eigenvalue weighted by Gasteiger charge is 2.13. The summed E-state index contributed by atoms with van der Waals surface area (Å²) >= 11 is 0. The third-order valence-electron chi connectivity index (χ3n) is 1.64. The summed E-state index contributed by atoms with van der Waals surface area (Å²) in [7, 11) is 3.94. The molecule has 0 radical (unpaired) electrons. The highest BCUT2D eigenvalue weighted by Crippen LogP contribution is 2.07. The van der Waals surface area contributed by atoms with E-state index in [4.69, 9.17) is 0 Å². The molecular formula is C7H13N3. The van der Waals surface area contributed by atoms with Crippen molar-refractivity contribution in [2.24, 2.45) is 4.99 Å². The maximum absolute atomic E-state index is 4.04. The Balaban J connectivity index is 2.71. The second-order valence-corrected chi connectivity index (χ2v) is 2.49. The molecule has 10 heavy (non-hydrogen) atoms. The fraction of sp³-hybridized carbons (Fsp3) is 0.571. The summed E-state index contributed by atoms with van der Waals surface area (Å²) in [5, 5.41) is 3.17. The van der Waals surface area contributed by atoms with Crippen LogP contribution in [0.25, 0.3) is 0 Å². The van der Waals surface area contributed by atoms with E-state index in [2.05, 4.69) is 17.2 Å². The predicted octanol–water partition coefficient (Wildman–Crippen LogP) is 0.409. The Morgan fingerprint density at radius 1 is 1.70 bits per heavy atom. The number of rotatable bonds is 1. The van der Waals surface area contributed by atoms with E-state index in [0.717, 1.165) is 0 Å². The van der Waals surface area contributed by atoms with Crippen molar-refractivity contribution < 1.29 is 0 Å². The van der Waals surface area contributed by atoms with Crippen LogP contribution in [0.2, 0.25) is 0 Å². The maximum atomic E-state index is 4.04. The van der Waals surface area contributed by atoms with Gasteiger partial charge in [-0.2, -0.15) is 0 Å². The van der Waals surface area contributed by atoms with Gasteiger partial charge in [0.15, 0.2) is 0 Å². The van der Waals surface area contributed by atoms with Gasteiger partial charge < -0.3 is 4.90 Å². The first-order valence-corrected chi connectivity index (χ1v) is 3.35. The van der Waals surface area contributed by atoms with E-state index in [1.807, 2.05) is 31.5 Å². The van der Waals surface area contributed by atoms with E-state index < -0.39 is 0 Å². The van der Waals surface area contributed by atoms with Gasteiger partial charge in [-0.25, -0.2) is 4.99 Å². The first kappa shape index (κ1) is 7.28. The molecule has 1 aliphatic rings. The molecule has 0 aromatic carbocycles. The van der Waals surface area contributed by atoms with Crippen LogP contribution < -0.4 is 5.32 Å². The fourth-order valence-electron chi connectivity index (χ4n) is 1.15. The van der Waals surface area contributed by atoms with E-state index in [1.165, 1.54) is 5.57 Å². The summed E-state index contributed by atoms with van der Waals surface area (Å²) in [5.41, 5.74) is 1.24. The maximum Gasteiger partial charge on any atom is 0.103 e. The average Bonchev–Trinajstić information content (AvgIpc) is 1.88. The van der Waals surface area contributed by atoms with E-state index in [9.17, 15) is 0 Å². The van der Waals surface area contributed by atoms with Gasteiger partial charge in [-0.15, -0.1) is 0 Å². The minimum Gasteiger partial charge on any atom is -0.346 e. The molecule has 3 heteroatoms. The molecule has 1 rings (SSSR count). The van der Waals surface area contributed by atoms with Crippen molar-refractivity contribution in [2.45, 2.75) is 13.1 Å². The van der Waals surface area contributed by atoms with E-state index in [1.54, 1.807) is 0 Å². The van der Waals surface area contributed by atoms with Crippen LogP contribution in [-0.2, 0) is 0 Å². The topological polar surface area (TPSA) is 27.6 Å². The Labute approximate surface area is 61.4 Å². The number of likely N-dealkylation sites (N-methyl/N-ethyl adjacent to an activating group) is 2. The Kier molecular flexibility index (Phi) is 2.06. The third kappa shape index (κ3) is 1.19. The quantitative estimate of drug-likeness (QED) is 0.569. The zero-order valence-electron chi connectivity index (χ0n) is 6.63. The fourth-order valence-corrected chi connectivity index (χ4v) is 1.15. The largest absolute Gasteiger partial charge is 0.346 e. The number of hydrogen-bond donors (Lipinski definition) is 1. The van der Waals surface area contributed by atoms with Gasteiger partial charge in [0, 0.05) is 13.2 Å². The molecule has 1 N–H and O–H groups in total. The SMILES string of the molecule is CNC1C(C)=CN=CN1C. The Hall–Kier alpha value is -0.830. The lowest BCUT2D eigenvalue weighted by Gasteiger charge is -2.28. The third-order valence-corrected chi connectivity index (χ3v) is 1.64. The minimum absolute atomic E-state index is 0.317. The summed E-state index contributed by atoms with van der Waals surface area (Å²) in [6, 6.07) is 0. The molecule has 0 amide bonds. The molecule has 0 aromatic heterocycles. The highest BCUT2D eigenvalue weighted by atomic mass is 15.3. The minimum atomic E-state index is 0.317. The Morgan fingerprint density at radius 3 is 2.80 bits per heavy atom. The van der Waals surface area contributed by atoms with Gasteiger partial charge in [-0.05, 0) is 19.5 Å². The average molecular weight is 139 g/mol. The van der Waals surface area contributed by atoms with Gasteiger partial charge in [-0.1, -0.05) is 0 Å². The molecule has 0 spiro atoms. The van der Waals surface area contributed by atoms with Crippen LogP contribution in [0.5, 0.6) is 0 Å². The van der Waals surface area contributed by atoms with Crippen LogP contribution in [0.1, 0.15) is 6.92 Å². The first-order chi connectivity index (χ1) is 4.75. The summed E-state index contributed by atoms with van der Waals surface area (Å²) in [5.74, 6) is 0. The Morgan fingerprint density at radius 2 is 2.40 bits per heavy atom. The Bertz CT molecular complexity index is 172. The smallest absolute Gasteiger partial charge is 0.103 e. The van der Waals surface area contributed by atoms with Crippen molar-refractivity contribution >= 4 is 6.34 Å². The molecule has 1 aliphatic heterocycles. The number of aliphatic imine (C=N–C) groups is 1. The molecule has 0 fully saturated rings. The van der Waals surface area contributed by atoms with Crippen molar-refractivity contribution in [1.82, 2.24) is 10.2 Å². The molecule has 1 unspecified atom stereocenters. The van der Waals surface area contributed by atoms with Gasteiger partial charge in [0.05, 0.1) is 6.34 Å². The van der Waals surface area contributed by atoms with E-state index in [-0.39, 0.29) is 0 Å². The number of hydrogen-bond acceptors (Lipinski definition) is 3. The summed E-state index contributed by atoms with van der Waals surface area (Å²) in [6.07, 6.45) is 4.01. The van der Waals surface area contributed by atoms with Crippen LogP contribution >= 0.6 is 0 Å². The summed E-state index contributed by atoms with van der Waals surface area (Å²) < 4.78 is 0. The molecule has 0 bridgehead atoms. The monoisotopic (exact) mass is 139 g/mol. The predicted molar refractivity (Wildman–Crippen MR) is 42.9 cm³/mol. The number of nitrogens with zero attached hydrogens (tertiary/aromatic N) is 2. The van der Waals surface area contributed by atoms with Gasteiger partial charge in [0.2, 0.25) is 0 Å².